The van der Waals surface area contributed by atoms with Crippen LogP contribution in [0.15, 0.2) is 53.0 Å². The molecule has 3 heteroatoms. The van der Waals surface area contributed by atoms with Gasteiger partial charge in [-0.1, -0.05) is 52.3 Å². The molecule has 0 fully saturated rings. The highest BCUT2D eigenvalue weighted by Gasteiger charge is 2.28. The lowest BCUT2D eigenvalue weighted by molar-refractivity contribution is -0.0165. The Bertz CT molecular complexity index is 612. The summed E-state index contributed by atoms with van der Waals surface area (Å²) in [4.78, 5) is 0. The van der Waals surface area contributed by atoms with E-state index in [1.165, 1.54) is 16.7 Å². The van der Waals surface area contributed by atoms with E-state index in [1.54, 1.807) is 0 Å². The molecule has 0 bridgehead atoms. The van der Waals surface area contributed by atoms with Crippen LogP contribution in [0, 0.1) is 5.92 Å². The Balaban J connectivity index is 1.84. The molecule has 1 N–H and O–H groups in total. The molecule has 2 aromatic carbocycles. The van der Waals surface area contributed by atoms with Crippen LogP contribution in [-0.4, -0.2) is 18.3 Å². The molecule has 110 valence electrons. The van der Waals surface area contributed by atoms with Crippen LogP contribution in [-0.2, 0) is 17.6 Å². The minimum Gasteiger partial charge on any atom is -0.396 e. The quantitative estimate of drug-likeness (QED) is 0.909. The second kappa shape index (κ2) is 6.73. The van der Waals surface area contributed by atoms with E-state index in [2.05, 4.69) is 46.3 Å². The normalized spacial score (nSPS) is 19.0. The minimum atomic E-state index is -0.0149. The van der Waals surface area contributed by atoms with E-state index in [-0.39, 0.29) is 18.6 Å². The van der Waals surface area contributed by atoms with Crippen LogP contribution in [0.25, 0.3) is 0 Å². The van der Waals surface area contributed by atoms with Gasteiger partial charge in [0.25, 0.3) is 0 Å². The van der Waals surface area contributed by atoms with Gasteiger partial charge in [0.05, 0.1) is 12.7 Å². The molecule has 0 spiro atoms. The molecule has 2 nitrogen and oxygen atoms in total. The molecular weight excluding hydrogens is 328 g/mol. The molecule has 1 aliphatic rings. The average molecular weight is 347 g/mol. The first-order valence-corrected chi connectivity index (χ1v) is 8.12. The zero-order valence-electron chi connectivity index (χ0n) is 11.8. The first-order valence-electron chi connectivity index (χ1n) is 7.32. The van der Waals surface area contributed by atoms with Crippen molar-refractivity contribution in [2.45, 2.75) is 18.9 Å². The molecule has 0 radical (unpaired) electrons. The highest BCUT2D eigenvalue weighted by atomic mass is 79.9. The van der Waals surface area contributed by atoms with Crippen molar-refractivity contribution in [1.29, 1.82) is 0 Å². The van der Waals surface area contributed by atoms with Gasteiger partial charge in [-0.25, -0.2) is 0 Å². The van der Waals surface area contributed by atoms with Gasteiger partial charge in [0.2, 0.25) is 0 Å². The summed E-state index contributed by atoms with van der Waals surface area (Å²) >= 11 is 3.50. The Kier molecular flexibility index (Phi) is 4.73. The third kappa shape index (κ3) is 3.37. The third-order valence-corrected chi connectivity index (χ3v) is 4.57. The molecule has 1 aliphatic heterocycles. The van der Waals surface area contributed by atoms with Crippen molar-refractivity contribution < 1.29 is 9.84 Å². The number of hydrogen-bond acceptors (Lipinski definition) is 2. The first kappa shape index (κ1) is 14.8. The Morgan fingerprint density at radius 3 is 2.86 bits per heavy atom. The van der Waals surface area contributed by atoms with Gasteiger partial charge in [-0.2, -0.15) is 0 Å². The minimum absolute atomic E-state index is 0.0149. The number of benzene rings is 2. The number of rotatable bonds is 4. The molecule has 0 amide bonds. The van der Waals surface area contributed by atoms with Crippen LogP contribution in [0.3, 0.4) is 0 Å². The molecule has 0 saturated heterocycles. The summed E-state index contributed by atoms with van der Waals surface area (Å²) in [6, 6.07) is 16.7. The van der Waals surface area contributed by atoms with Crippen molar-refractivity contribution in [3.8, 4) is 0 Å². The maximum Gasteiger partial charge on any atom is 0.0880 e. The van der Waals surface area contributed by atoms with Crippen LogP contribution in [0.5, 0.6) is 0 Å². The fourth-order valence-electron chi connectivity index (χ4n) is 3.05. The molecule has 0 aliphatic carbocycles. The molecule has 0 saturated carbocycles. The Labute approximate surface area is 133 Å². The van der Waals surface area contributed by atoms with Gasteiger partial charge in [-0.05, 0) is 41.7 Å². The first-order chi connectivity index (χ1) is 10.3. The lowest BCUT2D eigenvalue weighted by Crippen LogP contribution is -2.27. The second-order valence-corrected chi connectivity index (χ2v) is 6.43. The van der Waals surface area contributed by atoms with Gasteiger partial charge in [-0.15, -0.1) is 0 Å². The van der Waals surface area contributed by atoms with Gasteiger partial charge in [0.15, 0.2) is 0 Å². The van der Waals surface area contributed by atoms with Crippen molar-refractivity contribution in [1.82, 2.24) is 0 Å². The highest BCUT2D eigenvalue weighted by Crippen LogP contribution is 2.34. The van der Waals surface area contributed by atoms with Crippen LogP contribution >= 0.6 is 15.9 Å². The van der Waals surface area contributed by atoms with E-state index in [0.717, 1.165) is 23.9 Å². The lowest BCUT2D eigenvalue weighted by atomic mass is 9.86. The van der Waals surface area contributed by atoms with Crippen molar-refractivity contribution >= 4 is 15.9 Å². The molecule has 0 unspecified atom stereocenters. The predicted octanol–water partition coefficient (Wildman–Crippen LogP) is 3.91. The molecule has 21 heavy (non-hydrogen) atoms. The Morgan fingerprint density at radius 2 is 2.05 bits per heavy atom. The maximum absolute atomic E-state index is 9.84. The summed E-state index contributed by atoms with van der Waals surface area (Å²) in [6.07, 6.45) is 1.76. The number of fused-ring (bicyclic) bond motifs is 1. The van der Waals surface area contributed by atoms with Crippen molar-refractivity contribution in [3.63, 3.8) is 0 Å². The SMILES string of the molecule is OC[C@H](Cc1cccc(Br)c1)[C@H]1OCCc2ccccc21. The largest absolute Gasteiger partial charge is 0.396 e. The van der Waals surface area contributed by atoms with Gasteiger partial charge in [-0.3, -0.25) is 0 Å². The number of ether oxygens (including phenoxy) is 1. The topological polar surface area (TPSA) is 29.5 Å². The smallest absolute Gasteiger partial charge is 0.0880 e. The van der Waals surface area contributed by atoms with Crippen LogP contribution < -0.4 is 0 Å². The molecule has 3 rings (SSSR count). The summed E-state index contributed by atoms with van der Waals surface area (Å²) in [6.45, 7) is 0.863. The van der Waals surface area contributed by atoms with E-state index in [0.29, 0.717) is 0 Å². The summed E-state index contributed by atoms with van der Waals surface area (Å²) < 4.78 is 7.06. The molecule has 0 aromatic heterocycles. The molecule has 1 heterocycles. The van der Waals surface area contributed by atoms with E-state index < -0.39 is 0 Å². The average Bonchev–Trinajstić information content (AvgIpc) is 2.52. The number of aliphatic hydroxyl groups excluding tert-OH is 1. The van der Waals surface area contributed by atoms with Crippen LogP contribution in [0.4, 0.5) is 0 Å². The number of halogens is 1. The van der Waals surface area contributed by atoms with E-state index >= 15 is 0 Å². The van der Waals surface area contributed by atoms with Crippen molar-refractivity contribution in [2.24, 2.45) is 5.92 Å². The van der Waals surface area contributed by atoms with Crippen molar-refractivity contribution in [3.05, 3.63) is 69.7 Å². The summed E-state index contributed by atoms with van der Waals surface area (Å²) in [5.74, 6) is 0.0840. The Hall–Kier alpha value is -1.16. The number of aliphatic hydroxyl groups is 1. The molecular formula is C18H19BrO2. The zero-order valence-corrected chi connectivity index (χ0v) is 13.4. The highest BCUT2D eigenvalue weighted by molar-refractivity contribution is 9.10. The fourth-order valence-corrected chi connectivity index (χ4v) is 3.50. The zero-order chi connectivity index (χ0) is 14.7. The third-order valence-electron chi connectivity index (χ3n) is 4.08. The second-order valence-electron chi connectivity index (χ2n) is 5.52. The molecule has 2 atom stereocenters. The predicted molar refractivity (Wildman–Crippen MR) is 87.3 cm³/mol. The summed E-state index contributed by atoms with van der Waals surface area (Å²) in [5, 5.41) is 9.84. The van der Waals surface area contributed by atoms with Gasteiger partial charge in [0.1, 0.15) is 0 Å². The van der Waals surface area contributed by atoms with Gasteiger partial charge >= 0.3 is 0 Å². The summed E-state index contributed by atoms with van der Waals surface area (Å²) in [7, 11) is 0. The lowest BCUT2D eigenvalue weighted by Gasteiger charge is -2.31. The maximum atomic E-state index is 9.84. The molecule has 2 aromatic rings. The monoisotopic (exact) mass is 346 g/mol. The Morgan fingerprint density at radius 1 is 1.19 bits per heavy atom. The van der Waals surface area contributed by atoms with Gasteiger partial charge < -0.3 is 9.84 Å². The van der Waals surface area contributed by atoms with E-state index in [9.17, 15) is 5.11 Å². The van der Waals surface area contributed by atoms with Crippen molar-refractivity contribution in [2.75, 3.05) is 13.2 Å². The standard InChI is InChI=1S/C18H19BrO2/c19-16-6-3-4-13(11-16)10-15(12-20)18-17-7-2-1-5-14(17)8-9-21-18/h1-7,11,15,18,20H,8-10,12H2/t15-,18+/m0/s1. The summed E-state index contributed by atoms with van der Waals surface area (Å²) in [5.41, 5.74) is 3.80. The van der Waals surface area contributed by atoms with E-state index in [4.69, 9.17) is 4.74 Å². The van der Waals surface area contributed by atoms with Gasteiger partial charge in [0, 0.05) is 17.0 Å². The number of hydrogen-bond donors (Lipinski definition) is 1. The fraction of sp³-hybridized carbons (Fsp3) is 0.333. The van der Waals surface area contributed by atoms with E-state index in [1.807, 2.05) is 18.2 Å². The van der Waals surface area contributed by atoms with Crippen LogP contribution in [0.2, 0.25) is 0 Å². The van der Waals surface area contributed by atoms with Crippen LogP contribution in [0.1, 0.15) is 22.8 Å².